The fourth-order valence-corrected chi connectivity index (χ4v) is 1.20. The number of ether oxygens (including phenoxy) is 1. The minimum absolute atomic E-state index is 0.195. The summed E-state index contributed by atoms with van der Waals surface area (Å²) in [4.78, 5) is 4.12. The van der Waals surface area contributed by atoms with Crippen molar-refractivity contribution < 1.29 is 4.74 Å². The number of hydrogen-bond donors (Lipinski definition) is 1. The highest BCUT2D eigenvalue weighted by Crippen LogP contribution is 2.26. The lowest BCUT2D eigenvalue weighted by atomic mass is 10.2. The molecule has 0 bridgehead atoms. The van der Waals surface area contributed by atoms with Crippen LogP contribution in [0.2, 0.25) is 0 Å². The van der Waals surface area contributed by atoms with Crippen LogP contribution in [0.25, 0.3) is 0 Å². The van der Waals surface area contributed by atoms with Gasteiger partial charge in [-0.15, -0.1) is 0 Å². The van der Waals surface area contributed by atoms with Gasteiger partial charge in [0.05, 0.1) is 12.2 Å². The minimum atomic E-state index is 0.195. The van der Waals surface area contributed by atoms with Gasteiger partial charge in [0.25, 0.3) is 0 Å². The number of nitrogens with one attached hydrogen (secondary N) is 1. The van der Waals surface area contributed by atoms with Gasteiger partial charge in [-0.3, -0.25) is 0 Å². The van der Waals surface area contributed by atoms with E-state index in [0.717, 1.165) is 17.8 Å². The zero-order valence-corrected chi connectivity index (χ0v) is 7.00. The first-order valence-corrected chi connectivity index (χ1v) is 3.98. The molecule has 0 aromatic carbocycles. The normalized spacial score (nSPS) is 20.7. The van der Waals surface area contributed by atoms with Crippen molar-refractivity contribution in [1.82, 2.24) is 4.98 Å². The van der Waals surface area contributed by atoms with Gasteiger partial charge in [0.1, 0.15) is 6.10 Å². The molecule has 0 amide bonds. The average Bonchev–Trinajstić information content (AvgIpc) is 2.05. The maximum absolute atomic E-state index is 5.49. The molecule has 1 unspecified atom stereocenters. The minimum Gasteiger partial charge on any atom is -0.471 e. The summed E-state index contributed by atoms with van der Waals surface area (Å²) in [6, 6.07) is 1.94. The maximum Gasteiger partial charge on any atom is 0.237 e. The third kappa shape index (κ3) is 1.22. The van der Waals surface area contributed by atoms with E-state index in [2.05, 4.69) is 17.2 Å². The summed E-state index contributed by atoms with van der Waals surface area (Å²) in [5.41, 5.74) is 1.85. The number of aromatic nitrogens is 1. The molecule has 3 heteroatoms. The first-order chi connectivity index (χ1) is 5.75. The Morgan fingerprint density at radius 3 is 3.42 bits per heavy atom. The highest BCUT2D eigenvalue weighted by atomic mass is 16.5. The van der Waals surface area contributed by atoms with E-state index in [1.807, 2.05) is 13.0 Å². The maximum atomic E-state index is 5.49. The van der Waals surface area contributed by atoms with Gasteiger partial charge in [-0.05, 0) is 25.5 Å². The largest absolute Gasteiger partial charge is 0.471 e. The molecule has 12 heavy (non-hydrogen) atoms. The van der Waals surface area contributed by atoms with E-state index in [1.54, 1.807) is 6.20 Å². The molecular formula is C9H11N2O. The van der Waals surface area contributed by atoms with Crippen molar-refractivity contribution >= 4 is 5.69 Å². The predicted octanol–water partition coefficient (Wildman–Crippen LogP) is 1.46. The first kappa shape index (κ1) is 7.40. The monoisotopic (exact) mass is 163 g/mol. The van der Waals surface area contributed by atoms with Crippen LogP contribution in [0.4, 0.5) is 5.69 Å². The lowest BCUT2D eigenvalue weighted by molar-refractivity contribution is 0.216. The van der Waals surface area contributed by atoms with Gasteiger partial charge in [0.15, 0.2) is 0 Å². The van der Waals surface area contributed by atoms with Gasteiger partial charge >= 0.3 is 0 Å². The van der Waals surface area contributed by atoms with E-state index in [9.17, 15) is 0 Å². The highest BCUT2D eigenvalue weighted by Gasteiger charge is 2.15. The van der Waals surface area contributed by atoms with Crippen molar-refractivity contribution in [3.63, 3.8) is 0 Å². The lowest BCUT2D eigenvalue weighted by Gasteiger charge is -2.23. The predicted molar refractivity (Wildman–Crippen MR) is 47.3 cm³/mol. The molecule has 2 rings (SSSR count). The summed E-state index contributed by atoms with van der Waals surface area (Å²) in [6.07, 6.45) is 1.90. The van der Waals surface area contributed by atoms with Gasteiger partial charge in [-0.25, -0.2) is 4.98 Å². The quantitative estimate of drug-likeness (QED) is 0.628. The van der Waals surface area contributed by atoms with Crippen molar-refractivity contribution in [3.05, 3.63) is 24.8 Å². The van der Waals surface area contributed by atoms with Crippen molar-refractivity contribution in [2.24, 2.45) is 0 Å². The van der Waals surface area contributed by atoms with Crippen LogP contribution in [-0.2, 0) is 0 Å². The van der Waals surface area contributed by atoms with E-state index in [0.29, 0.717) is 5.88 Å². The highest BCUT2D eigenvalue weighted by molar-refractivity contribution is 5.55. The molecule has 1 aliphatic heterocycles. The van der Waals surface area contributed by atoms with Gasteiger partial charge in [-0.2, -0.15) is 0 Å². The summed E-state index contributed by atoms with van der Waals surface area (Å²) >= 11 is 0. The van der Waals surface area contributed by atoms with Crippen LogP contribution in [-0.4, -0.2) is 17.6 Å². The summed E-state index contributed by atoms with van der Waals surface area (Å²) in [5, 5.41) is 3.23. The Hall–Kier alpha value is -1.25. The molecule has 0 saturated carbocycles. The number of hydrogen-bond acceptors (Lipinski definition) is 3. The number of nitrogens with zero attached hydrogens (tertiary/aromatic N) is 1. The molecule has 0 fully saturated rings. The third-order valence-corrected chi connectivity index (χ3v) is 1.80. The number of anilines is 1. The Labute approximate surface area is 71.8 Å². The van der Waals surface area contributed by atoms with E-state index in [1.165, 1.54) is 0 Å². The van der Waals surface area contributed by atoms with Crippen molar-refractivity contribution in [3.8, 4) is 5.88 Å². The van der Waals surface area contributed by atoms with Crippen LogP contribution in [0.5, 0.6) is 5.88 Å². The number of rotatable bonds is 0. The molecule has 0 spiro atoms. The van der Waals surface area contributed by atoms with Crippen molar-refractivity contribution in [1.29, 1.82) is 0 Å². The lowest BCUT2D eigenvalue weighted by Crippen LogP contribution is -2.28. The molecule has 0 saturated heterocycles. The molecule has 1 N–H and O–H groups in total. The SMILES string of the molecule is [CH2]c1cnc2c(c1)NCC(C)O2. The van der Waals surface area contributed by atoms with Gasteiger partial charge < -0.3 is 10.1 Å². The number of pyridine rings is 1. The summed E-state index contributed by atoms with van der Waals surface area (Å²) < 4.78 is 5.49. The van der Waals surface area contributed by atoms with E-state index < -0.39 is 0 Å². The van der Waals surface area contributed by atoms with Crippen LogP contribution >= 0.6 is 0 Å². The molecule has 1 aromatic heterocycles. The zero-order chi connectivity index (χ0) is 8.55. The fraction of sp³-hybridized carbons (Fsp3) is 0.333. The molecule has 3 nitrogen and oxygen atoms in total. The Balaban J connectivity index is 2.37. The summed E-state index contributed by atoms with van der Waals surface area (Å²) in [7, 11) is 0. The van der Waals surface area contributed by atoms with Crippen LogP contribution in [0.15, 0.2) is 12.3 Å². The van der Waals surface area contributed by atoms with E-state index in [-0.39, 0.29) is 6.10 Å². The van der Waals surface area contributed by atoms with Crippen LogP contribution in [0, 0.1) is 6.92 Å². The second-order valence-electron chi connectivity index (χ2n) is 3.01. The Bertz CT molecular complexity index is 299. The van der Waals surface area contributed by atoms with Crippen LogP contribution < -0.4 is 10.1 Å². The van der Waals surface area contributed by atoms with Crippen molar-refractivity contribution in [2.45, 2.75) is 13.0 Å². The molecule has 1 atom stereocenters. The first-order valence-electron chi connectivity index (χ1n) is 3.98. The second-order valence-corrected chi connectivity index (χ2v) is 3.01. The third-order valence-electron chi connectivity index (χ3n) is 1.80. The van der Waals surface area contributed by atoms with E-state index in [4.69, 9.17) is 4.74 Å². The summed E-state index contributed by atoms with van der Waals surface area (Å²) in [6.45, 7) is 6.63. The molecule has 2 heterocycles. The molecule has 63 valence electrons. The smallest absolute Gasteiger partial charge is 0.237 e. The summed E-state index contributed by atoms with van der Waals surface area (Å²) in [5.74, 6) is 0.682. The van der Waals surface area contributed by atoms with Gasteiger partial charge in [-0.1, -0.05) is 0 Å². The van der Waals surface area contributed by atoms with Gasteiger partial charge in [0.2, 0.25) is 5.88 Å². The molecular weight excluding hydrogens is 152 g/mol. The molecule has 1 aromatic rings. The Morgan fingerprint density at radius 2 is 2.58 bits per heavy atom. The van der Waals surface area contributed by atoms with Crippen molar-refractivity contribution in [2.75, 3.05) is 11.9 Å². The second kappa shape index (κ2) is 2.66. The molecule has 1 aliphatic rings. The van der Waals surface area contributed by atoms with Crippen LogP contribution in [0.1, 0.15) is 12.5 Å². The van der Waals surface area contributed by atoms with E-state index >= 15 is 0 Å². The topological polar surface area (TPSA) is 34.2 Å². The molecule has 0 aliphatic carbocycles. The standard InChI is InChI=1S/C9H11N2O/c1-6-3-8-9(11-4-6)12-7(2)5-10-8/h3-4,7,10H,1,5H2,2H3. The zero-order valence-electron chi connectivity index (χ0n) is 7.00. The fourth-order valence-electron chi connectivity index (χ4n) is 1.20. The van der Waals surface area contributed by atoms with Crippen LogP contribution in [0.3, 0.4) is 0 Å². The van der Waals surface area contributed by atoms with Gasteiger partial charge in [0, 0.05) is 6.20 Å². The number of fused-ring (bicyclic) bond motifs is 1. The Morgan fingerprint density at radius 1 is 1.75 bits per heavy atom. The average molecular weight is 163 g/mol. The Kier molecular flexibility index (Phi) is 1.64. The molecule has 1 radical (unpaired) electrons.